The Hall–Kier alpha value is -2.71. The van der Waals surface area contributed by atoms with Crippen LogP contribution < -0.4 is 5.32 Å². The Morgan fingerprint density at radius 1 is 1.35 bits per heavy atom. The van der Waals surface area contributed by atoms with Gasteiger partial charge in [-0.1, -0.05) is 12.1 Å². The highest BCUT2D eigenvalue weighted by Crippen LogP contribution is 2.29. The molecule has 1 aliphatic rings. The van der Waals surface area contributed by atoms with E-state index < -0.39 is 12.1 Å². The van der Waals surface area contributed by atoms with Gasteiger partial charge in [0.05, 0.1) is 12.6 Å². The van der Waals surface area contributed by atoms with Crippen LogP contribution in [0.3, 0.4) is 0 Å². The summed E-state index contributed by atoms with van der Waals surface area (Å²) in [7, 11) is 3.44. The number of morpholine rings is 1. The van der Waals surface area contributed by atoms with Crippen LogP contribution in [0.5, 0.6) is 0 Å². The first-order chi connectivity index (χ1) is 12.4. The maximum atomic E-state index is 12.3. The van der Waals surface area contributed by atoms with Gasteiger partial charge in [-0.2, -0.15) is 5.10 Å². The Bertz CT molecular complexity index is 796. The van der Waals surface area contributed by atoms with Crippen molar-refractivity contribution >= 4 is 17.5 Å². The molecule has 1 saturated heterocycles. The Morgan fingerprint density at radius 2 is 2.04 bits per heavy atom. The Labute approximate surface area is 151 Å². The van der Waals surface area contributed by atoms with Crippen molar-refractivity contribution in [1.29, 1.82) is 0 Å². The monoisotopic (exact) mass is 358 g/mol. The maximum absolute atomic E-state index is 12.3. The number of aromatic nitrogens is 2. The summed E-state index contributed by atoms with van der Waals surface area (Å²) in [5.74, 6) is -0.441. The fraction of sp³-hybridized carbons (Fsp3) is 0.389. The number of aliphatic hydroxyl groups excluding tert-OH is 1. The zero-order chi connectivity index (χ0) is 18.8. The Kier molecular flexibility index (Phi) is 5.06. The first-order valence-corrected chi connectivity index (χ1v) is 8.30. The van der Waals surface area contributed by atoms with Crippen molar-refractivity contribution in [3.63, 3.8) is 0 Å². The van der Waals surface area contributed by atoms with E-state index in [1.54, 1.807) is 37.0 Å². The van der Waals surface area contributed by atoms with Crippen molar-refractivity contribution in [2.75, 3.05) is 25.6 Å². The molecule has 0 radical (unpaired) electrons. The standard InChI is InChI=1S/C18H22N4O4/c1-11-8-14(20-22(11)3)18(25)19-13-6-4-12(5-7-13)17-15(9-23)21(2)16(24)10-26-17/h4-8,15,17,23H,9-10H2,1-3H3,(H,19,25). The van der Waals surface area contributed by atoms with Gasteiger partial charge >= 0.3 is 0 Å². The summed E-state index contributed by atoms with van der Waals surface area (Å²) in [5.41, 5.74) is 2.71. The zero-order valence-corrected chi connectivity index (χ0v) is 15.0. The second kappa shape index (κ2) is 7.27. The molecule has 26 heavy (non-hydrogen) atoms. The molecular formula is C18H22N4O4. The van der Waals surface area contributed by atoms with Gasteiger partial charge in [-0.05, 0) is 30.7 Å². The summed E-state index contributed by atoms with van der Waals surface area (Å²) >= 11 is 0. The molecule has 138 valence electrons. The van der Waals surface area contributed by atoms with Gasteiger partial charge in [0.1, 0.15) is 12.7 Å². The molecule has 2 aromatic rings. The van der Waals surface area contributed by atoms with E-state index in [9.17, 15) is 14.7 Å². The molecule has 8 heteroatoms. The number of anilines is 1. The normalized spacial score (nSPS) is 20.3. The van der Waals surface area contributed by atoms with E-state index in [2.05, 4.69) is 10.4 Å². The van der Waals surface area contributed by atoms with E-state index in [0.717, 1.165) is 11.3 Å². The average molecular weight is 358 g/mol. The average Bonchev–Trinajstić information content (AvgIpc) is 2.97. The summed E-state index contributed by atoms with van der Waals surface area (Å²) in [5, 5.41) is 16.5. The predicted octanol–water partition coefficient (Wildman–Crippen LogP) is 0.871. The van der Waals surface area contributed by atoms with Crippen LogP contribution in [0, 0.1) is 6.92 Å². The molecule has 1 aliphatic heterocycles. The lowest BCUT2D eigenvalue weighted by atomic mass is 9.99. The van der Waals surface area contributed by atoms with Crippen LogP contribution >= 0.6 is 0 Å². The molecule has 0 spiro atoms. The number of aliphatic hydroxyl groups is 1. The third-order valence-electron chi connectivity index (χ3n) is 4.66. The number of carbonyl (C=O) groups excluding carboxylic acids is 2. The molecule has 2 heterocycles. The highest BCUT2D eigenvalue weighted by Gasteiger charge is 2.34. The predicted molar refractivity (Wildman–Crippen MR) is 94.7 cm³/mol. The first-order valence-electron chi connectivity index (χ1n) is 8.30. The molecule has 1 aromatic carbocycles. The zero-order valence-electron chi connectivity index (χ0n) is 15.0. The SMILES string of the molecule is Cc1cc(C(=O)Nc2ccc(C3OCC(=O)N(C)C3CO)cc2)nn1C. The van der Waals surface area contributed by atoms with Crippen LogP contribution in [0.4, 0.5) is 5.69 Å². The summed E-state index contributed by atoms with van der Waals surface area (Å²) < 4.78 is 7.25. The van der Waals surface area contributed by atoms with Crippen LogP contribution in [-0.2, 0) is 16.6 Å². The lowest BCUT2D eigenvalue weighted by molar-refractivity contribution is -0.157. The second-order valence-electron chi connectivity index (χ2n) is 6.36. The molecule has 0 saturated carbocycles. The van der Waals surface area contributed by atoms with Crippen LogP contribution in [0.1, 0.15) is 27.8 Å². The van der Waals surface area contributed by atoms with Crippen molar-refractivity contribution in [3.8, 4) is 0 Å². The number of hydrogen-bond donors (Lipinski definition) is 2. The minimum absolute atomic E-state index is 0.0187. The highest BCUT2D eigenvalue weighted by atomic mass is 16.5. The van der Waals surface area contributed by atoms with Gasteiger partial charge < -0.3 is 20.1 Å². The number of rotatable bonds is 4. The second-order valence-corrected chi connectivity index (χ2v) is 6.36. The molecule has 0 bridgehead atoms. The largest absolute Gasteiger partial charge is 0.394 e. The molecule has 2 N–H and O–H groups in total. The van der Waals surface area contributed by atoms with Crippen LogP contribution in [-0.4, -0.2) is 57.9 Å². The van der Waals surface area contributed by atoms with Gasteiger partial charge in [0.15, 0.2) is 5.69 Å². The van der Waals surface area contributed by atoms with Gasteiger partial charge in [-0.15, -0.1) is 0 Å². The van der Waals surface area contributed by atoms with Crippen molar-refractivity contribution in [3.05, 3.63) is 47.3 Å². The number of likely N-dealkylation sites (N-methyl/N-ethyl adjacent to an activating group) is 1. The fourth-order valence-electron chi connectivity index (χ4n) is 2.92. The highest BCUT2D eigenvalue weighted by molar-refractivity contribution is 6.02. The number of nitrogens with zero attached hydrogens (tertiary/aromatic N) is 3. The van der Waals surface area contributed by atoms with E-state index in [1.807, 2.05) is 19.1 Å². The maximum Gasteiger partial charge on any atom is 0.276 e. The number of aryl methyl sites for hydroxylation is 2. The molecular weight excluding hydrogens is 336 g/mol. The van der Waals surface area contributed by atoms with Crippen LogP contribution in [0.2, 0.25) is 0 Å². The van der Waals surface area contributed by atoms with E-state index in [4.69, 9.17) is 4.74 Å². The van der Waals surface area contributed by atoms with Crippen molar-refractivity contribution < 1.29 is 19.4 Å². The Morgan fingerprint density at radius 3 is 2.62 bits per heavy atom. The topological polar surface area (TPSA) is 96.7 Å². The van der Waals surface area contributed by atoms with Gasteiger partial charge in [0.25, 0.3) is 5.91 Å². The number of amides is 2. The third-order valence-corrected chi connectivity index (χ3v) is 4.66. The molecule has 2 atom stereocenters. The van der Waals surface area contributed by atoms with E-state index in [1.165, 1.54) is 4.90 Å². The lowest BCUT2D eigenvalue weighted by Crippen LogP contribution is -2.50. The van der Waals surface area contributed by atoms with Crippen molar-refractivity contribution in [1.82, 2.24) is 14.7 Å². The fourth-order valence-corrected chi connectivity index (χ4v) is 2.92. The summed E-state index contributed by atoms with van der Waals surface area (Å²) in [6, 6.07) is 8.44. The number of benzene rings is 1. The van der Waals surface area contributed by atoms with E-state index in [0.29, 0.717) is 11.4 Å². The first kappa shape index (κ1) is 18.1. The molecule has 2 amide bonds. The number of hydrogen-bond acceptors (Lipinski definition) is 5. The number of nitrogens with one attached hydrogen (secondary N) is 1. The van der Waals surface area contributed by atoms with Crippen LogP contribution in [0.25, 0.3) is 0 Å². The Balaban J connectivity index is 1.72. The summed E-state index contributed by atoms with van der Waals surface area (Å²) in [4.78, 5) is 25.5. The molecule has 2 unspecified atom stereocenters. The minimum Gasteiger partial charge on any atom is -0.394 e. The van der Waals surface area contributed by atoms with E-state index >= 15 is 0 Å². The quantitative estimate of drug-likeness (QED) is 0.845. The van der Waals surface area contributed by atoms with Gasteiger partial charge in [-0.3, -0.25) is 14.3 Å². The summed E-state index contributed by atoms with van der Waals surface area (Å²) in [6.45, 7) is 1.67. The molecule has 1 aromatic heterocycles. The minimum atomic E-state index is -0.437. The van der Waals surface area contributed by atoms with Gasteiger partial charge in [0, 0.05) is 25.5 Å². The molecule has 0 aliphatic carbocycles. The van der Waals surface area contributed by atoms with Gasteiger partial charge in [0.2, 0.25) is 5.91 Å². The smallest absolute Gasteiger partial charge is 0.276 e. The molecule has 1 fully saturated rings. The lowest BCUT2D eigenvalue weighted by Gasteiger charge is -2.38. The van der Waals surface area contributed by atoms with E-state index in [-0.39, 0.29) is 25.0 Å². The van der Waals surface area contributed by atoms with Crippen molar-refractivity contribution in [2.45, 2.75) is 19.1 Å². The summed E-state index contributed by atoms with van der Waals surface area (Å²) in [6.07, 6.45) is -0.411. The molecule has 8 nitrogen and oxygen atoms in total. The molecule has 3 rings (SSSR count). The van der Waals surface area contributed by atoms with Gasteiger partial charge in [-0.25, -0.2) is 0 Å². The third kappa shape index (κ3) is 3.47. The van der Waals surface area contributed by atoms with Crippen molar-refractivity contribution in [2.24, 2.45) is 7.05 Å². The van der Waals surface area contributed by atoms with Crippen LogP contribution in [0.15, 0.2) is 30.3 Å². The number of carbonyl (C=O) groups is 2. The number of ether oxygens (including phenoxy) is 1.